The number of aromatic hydroxyl groups is 2. The Morgan fingerprint density at radius 2 is 1.22 bits per heavy atom. The van der Waals surface area contributed by atoms with E-state index in [9.17, 15) is 44.1 Å². The van der Waals surface area contributed by atoms with Gasteiger partial charge in [-0.25, -0.2) is 14.8 Å². The molecule has 4 rings (SSSR count). The summed E-state index contributed by atoms with van der Waals surface area (Å²) < 4.78 is 10.3. The lowest BCUT2D eigenvalue weighted by molar-refractivity contribution is -0.115. The zero-order chi connectivity index (χ0) is 35.7. The Balaban J connectivity index is 1.37. The van der Waals surface area contributed by atoms with Crippen LogP contribution in [0.3, 0.4) is 0 Å². The number of pyridine rings is 2. The topological polar surface area (TPSA) is 267 Å². The van der Waals surface area contributed by atoms with Crippen molar-refractivity contribution < 1.29 is 53.6 Å². The van der Waals surface area contributed by atoms with Crippen LogP contribution in [0.1, 0.15) is 41.7 Å². The van der Waals surface area contributed by atoms with Crippen molar-refractivity contribution in [3.63, 3.8) is 0 Å². The number of carbonyl (C=O) groups excluding carboxylic acids is 5. The number of aromatic carboxylic acids is 1. The summed E-state index contributed by atoms with van der Waals surface area (Å²) in [5.41, 5.74) is -0.334. The molecule has 4 aromatic rings. The number of carboxylic acids is 1. The molecule has 0 saturated heterocycles. The number of amides is 5. The molecule has 2 heterocycles. The SMILES string of the molecule is COc1c(NC(=O)c2ccc(NC(=O)c3ccc(NC(=O)CNC(=O)c4ccc(NC=O)cn4)cn3)c(OC)c2O)ccc(C(=O)O)c1O. The van der Waals surface area contributed by atoms with Crippen LogP contribution in [0, 0.1) is 0 Å². The third-order valence-corrected chi connectivity index (χ3v) is 6.55. The summed E-state index contributed by atoms with van der Waals surface area (Å²) in [6.45, 7) is -0.401. The molecule has 0 radical (unpaired) electrons. The van der Waals surface area contributed by atoms with Gasteiger partial charge in [-0.1, -0.05) is 0 Å². The zero-order valence-electron chi connectivity index (χ0n) is 25.6. The van der Waals surface area contributed by atoms with Crippen LogP contribution in [0.5, 0.6) is 23.0 Å². The molecular weight excluding hydrogens is 646 g/mol. The molecule has 5 amide bonds. The fourth-order valence-corrected chi connectivity index (χ4v) is 4.22. The van der Waals surface area contributed by atoms with Gasteiger partial charge >= 0.3 is 5.97 Å². The number of methoxy groups -OCH3 is 2. The number of benzene rings is 2. The van der Waals surface area contributed by atoms with E-state index in [1.54, 1.807) is 0 Å². The molecule has 0 aliphatic heterocycles. The minimum Gasteiger partial charge on any atom is -0.504 e. The largest absolute Gasteiger partial charge is 0.504 e. The minimum atomic E-state index is -1.42. The molecular formula is C31H27N7O11. The second-order valence-corrected chi connectivity index (χ2v) is 9.66. The molecule has 252 valence electrons. The van der Waals surface area contributed by atoms with Crippen LogP contribution < -0.4 is 36.1 Å². The number of hydrogen-bond acceptors (Lipinski definition) is 12. The third kappa shape index (κ3) is 8.14. The number of phenolic OH excluding ortho intramolecular Hbond substituents is 1. The number of rotatable bonds is 13. The predicted octanol–water partition coefficient (Wildman–Crippen LogP) is 2.04. The summed E-state index contributed by atoms with van der Waals surface area (Å²) in [7, 11) is 2.35. The molecule has 0 aliphatic rings. The highest BCUT2D eigenvalue weighted by molar-refractivity contribution is 6.10. The smallest absolute Gasteiger partial charge is 0.339 e. The summed E-state index contributed by atoms with van der Waals surface area (Å²) in [6, 6.07) is 10.2. The Bertz CT molecular complexity index is 1930. The first-order chi connectivity index (χ1) is 23.5. The summed E-state index contributed by atoms with van der Waals surface area (Å²) in [5.74, 6) is -6.21. The minimum absolute atomic E-state index is 0.0238. The number of carboxylic acid groups (broad SMARTS) is 1. The first-order valence-electron chi connectivity index (χ1n) is 13.8. The Morgan fingerprint density at radius 1 is 0.694 bits per heavy atom. The Kier molecular flexibility index (Phi) is 10.9. The van der Waals surface area contributed by atoms with Crippen molar-refractivity contribution in [1.29, 1.82) is 0 Å². The van der Waals surface area contributed by atoms with Gasteiger partial charge in [0, 0.05) is 0 Å². The zero-order valence-corrected chi connectivity index (χ0v) is 25.6. The monoisotopic (exact) mass is 673 g/mol. The van der Waals surface area contributed by atoms with Gasteiger partial charge in [0.2, 0.25) is 12.3 Å². The highest BCUT2D eigenvalue weighted by atomic mass is 16.5. The first-order valence-corrected chi connectivity index (χ1v) is 13.8. The van der Waals surface area contributed by atoms with Crippen LogP contribution >= 0.6 is 0 Å². The average molecular weight is 674 g/mol. The van der Waals surface area contributed by atoms with Crippen LogP contribution in [0.4, 0.5) is 22.7 Å². The summed E-state index contributed by atoms with van der Waals surface area (Å²) in [5, 5.41) is 42.4. The average Bonchev–Trinajstić information content (AvgIpc) is 3.08. The fourth-order valence-electron chi connectivity index (χ4n) is 4.22. The van der Waals surface area contributed by atoms with E-state index in [1.165, 1.54) is 62.0 Å². The first kappa shape index (κ1) is 34.6. The number of phenols is 2. The lowest BCUT2D eigenvalue weighted by atomic mass is 10.1. The lowest BCUT2D eigenvalue weighted by Gasteiger charge is -2.16. The maximum absolute atomic E-state index is 13.0. The Morgan fingerprint density at radius 3 is 1.76 bits per heavy atom. The molecule has 2 aromatic heterocycles. The summed E-state index contributed by atoms with van der Waals surface area (Å²) >= 11 is 0. The van der Waals surface area contributed by atoms with Gasteiger partial charge in [-0.2, -0.15) is 0 Å². The summed E-state index contributed by atoms with van der Waals surface area (Å²) in [4.78, 5) is 80.1. The molecule has 8 N–H and O–H groups in total. The van der Waals surface area contributed by atoms with Crippen LogP contribution in [-0.4, -0.2) is 82.1 Å². The second kappa shape index (κ2) is 15.4. The number of nitrogens with zero attached hydrogens (tertiary/aromatic N) is 2. The van der Waals surface area contributed by atoms with Crippen molar-refractivity contribution >= 4 is 58.8 Å². The van der Waals surface area contributed by atoms with Gasteiger partial charge in [0.15, 0.2) is 23.0 Å². The van der Waals surface area contributed by atoms with Crippen molar-refractivity contribution in [2.45, 2.75) is 0 Å². The highest BCUT2D eigenvalue weighted by Crippen LogP contribution is 2.40. The molecule has 0 atom stereocenters. The molecule has 2 aromatic carbocycles. The van der Waals surface area contributed by atoms with Crippen molar-refractivity contribution in [3.05, 3.63) is 83.4 Å². The maximum atomic E-state index is 13.0. The third-order valence-electron chi connectivity index (χ3n) is 6.55. The lowest BCUT2D eigenvalue weighted by Crippen LogP contribution is -2.33. The Hall–Kier alpha value is -7.24. The highest BCUT2D eigenvalue weighted by Gasteiger charge is 2.24. The number of anilines is 4. The molecule has 49 heavy (non-hydrogen) atoms. The maximum Gasteiger partial charge on any atom is 0.339 e. The van der Waals surface area contributed by atoms with Crippen LogP contribution in [0.25, 0.3) is 0 Å². The summed E-state index contributed by atoms with van der Waals surface area (Å²) in [6.07, 6.45) is 2.94. The van der Waals surface area contributed by atoms with Gasteiger partial charge in [-0.15, -0.1) is 0 Å². The standard InChI is InChI=1S/C31H27N7O11/c1-48-26-20(9-5-17(24(26)41)28(43)37-19-10-6-18(31(46)47)25(42)27(19)49-2)38-30(45)22-8-4-16(12-33-22)36-23(40)13-34-29(44)21-7-3-15(11-32-21)35-14-39/h3-12,14,41-42H,13H2,1-2H3,(H,34,44)(H,35,39)(H,36,40)(H,37,43)(H,38,45)(H,46,47). The van der Waals surface area contributed by atoms with E-state index >= 15 is 0 Å². The number of hydrogen-bond donors (Lipinski definition) is 8. The van der Waals surface area contributed by atoms with Gasteiger partial charge < -0.3 is 51.4 Å². The van der Waals surface area contributed by atoms with Crippen molar-refractivity contribution in [2.75, 3.05) is 42.0 Å². The van der Waals surface area contributed by atoms with Crippen LogP contribution in [0.15, 0.2) is 60.9 Å². The van der Waals surface area contributed by atoms with Gasteiger partial charge in [0.05, 0.1) is 61.5 Å². The van der Waals surface area contributed by atoms with Gasteiger partial charge in [0.25, 0.3) is 17.7 Å². The predicted molar refractivity (Wildman–Crippen MR) is 171 cm³/mol. The molecule has 0 unspecified atom stereocenters. The van der Waals surface area contributed by atoms with Crippen molar-refractivity contribution in [3.8, 4) is 23.0 Å². The Labute approximate surface area is 276 Å². The van der Waals surface area contributed by atoms with E-state index in [1.807, 2.05) is 0 Å². The molecule has 0 saturated carbocycles. The molecule has 0 aliphatic carbocycles. The molecule has 18 nitrogen and oxygen atoms in total. The number of carbonyl (C=O) groups is 6. The van der Waals surface area contributed by atoms with Gasteiger partial charge in [-0.05, 0) is 48.5 Å². The van der Waals surface area contributed by atoms with Crippen LogP contribution in [0.2, 0.25) is 0 Å². The van der Waals surface area contributed by atoms with E-state index < -0.39 is 53.2 Å². The quantitative estimate of drug-likeness (QED) is 0.0946. The number of nitrogens with one attached hydrogen (secondary N) is 5. The molecule has 0 fully saturated rings. The van der Waals surface area contributed by atoms with E-state index in [-0.39, 0.29) is 45.5 Å². The van der Waals surface area contributed by atoms with Crippen molar-refractivity contribution in [2.24, 2.45) is 0 Å². The fraction of sp³-hybridized carbons (Fsp3) is 0.0968. The van der Waals surface area contributed by atoms with Crippen LogP contribution in [-0.2, 0) is 9.59 Å². The van der Waals surface area contributed by atoms with E-state index in [4.69, 9.17) is 9.47 Å². The van der Waals surface area contributed by atoms with E-state index in [0.29, 0.717) is 12.1 Å². The molecule has 0 bridgehead atoms. The number of aromatic nitrogens is 2. The van der Waals surface area contributed by atoms with Gasteiger partial charge in [0.1, 0.15) is 17.0 Å². The van der Waals surface area contributed by atoms with Crippen molar-refractivity contribution in [1.82, 2.24) is 15.3 Å². The normalized spacial score (nSPS) is 10.2. The molecule has 18 heteroatoms. The van der Waals surface area contributed by atoms with E-state index in [2.05, 4.69) is 36.6 Å². The van der Waals surface area contributed by atoms with E-state index in [0.717, 1.165) is 13.2 Å². The second-order valence-electron chi connectivity index (χ2n) is 9.66. The number of ether oxygens (including phenoxy) is 2. The molecule has 0 spiro atoms. The van der Waals surface area contributed by atoms with Gasteiger partial charge in [-0.3, -0.25) is 24.0 Å².